The second kappa shape index (κ2) is 8.17. The number of carbonyl (C=O) groups excluding carboxylic acids is 2. The lowest BCUT2D eigenvalue weighted by molar-refractivity contribution is 0.0473. The molecule has 0 heterocycles. The van der Waals surface area contributed by atoms with E-state index in [4.69, 9.17) is 9.47 Å². The highest BCUT2D eigenvalue weighted by atomic mass is 16.5. The van der Waals surface area contributed by atoms with E-state index in [0.29, 0.717) is 23.5 Å². The second-order valence-corrected chi connectivity index (χ2v) is 6.46. The van der Waals surface area contributed by atoms with E-state index >= 15 is 0 Å². The van der Waals surface area contributed by atoms with Gasteiger partial charge in [0.1, 0.15) is 5.75 Å². The fourth-order valence-corrected chi connectivity index (χ4v) is 3.00. The first-order valence-corrected chi connectivity index (χ1v) is 8.78. The van der Waals surface area contributed by atoms with E-state index in [9.17, 15) is 9.59 Å². The third-order valence-electron chi connectivity index (χ3n) is 5.03. The van der Waals surface area contributed by atoms with Crippen molar-refractivity contribution in [1.29, 1.82) is 0 Å². The van der Waals surface area contributed by atoms with E-state index in [1.54, 1.807) is 24.3 Å². The molecule has 0 aliphatic heterocycles. The SMILES string of the molecule is CCOc1ccc(C(=O)COC(=O)c2c(C)c(C)c(C)c(C)c2C)cc1. The summed E-state index contributed by atoms with van der Waals surface area (Å²) in [6, 6.07) is 6.83. The minimum atomic E-state index is -0.453. The van der Waals surface area contributed by atoms with Crippen LogP contribution in [0, 0.1) is 34.6 Å². The quantitative estimate of drug-likeness (QED) is 0.559. The van der Waals surface area contributed by atoms with E-state index in [-0.39, 0.29) is 12.4 Å². The van der Waals surface area contributed by atoms with E-state index in [1.165, 1.54) is 5.56 Å². The van der Waals surface area contributed by atoms with Gasteiger partial charge in [-0.2, -0.15) is 0 Å². The molecule has 0 unspecified atom stereocenters. The van der Waals surface area contributed by atoms with Crippen LogP contribution in [0.25, 0.3) is 0 Å². The summed E-state index contributed by atoms with van der Waals surface area (Å²) in [4.78, 5) is 24.9. The summed E-state index contributed by atoms with van der Waals surface area (Å²) in [5, 5.41) is 0. The number of hydrogen-bond acceptors (Lipinski definition) is 4. The molecule has 0 bridgehead atoms. The van der Waals surface area contributed by atoms with Crippen molar-refractivity contribution in [2.45, 2.75) is 41.5 Å². The Hall–Kier alpha value is -2.62. The van der Waals surface area contributed by atoms with Crippen molar-refractivity contribution in [1.82, 2.24) is 0 Å². The Labute approximate surface area is 155 Å². The Balaban J connectivity index is 2.13. The molecular weight excluding hydrogens is 328 g/mol. The Morgan fingerprint density at radius 3 is 1.81 bits per heavy atom. The summed E-state index contributed by atoms with van der Waals surface area (Å²) in [7, 11) is 0. The van der Waals surface area contributed by atoms with E-state index in [2.05, 4.69) is 6.92 Å². The van der Waals surface area contributed by atoms with Crippen molar-refractivity contribution in [2.75, 3.05) is 13.2 Å². The largest absolute Gasteiger partial charge is 0.494 e. The highest BCUT2D eigenvalue weighted by molar-refractivity contribution is 6.00. The zero-order valence-corrected chi connectivity index (χ0v) is 16.4. The van der Waals surface area contributed by atoms with Crippen molar-refractivity contribution >= 4 is 11.8 Å². The van der Waals surface area contributed by atoms with E-state index in [1.807, 2.05) is 34.6 Å². The number of hydrogen-bond donors (Lipinski definition) is 0. The van der Waals surface area contributed by atoms with E-state index in [0.717, 1.165) is 22.3 Å². The molecule has 0 fully saturated rings. The first-order chi connectivity index (χ1) is 12.3. The lowest BCUT2D eigenvalue weighted by Crippen LogP contribution is -2.17. The van der Waals surface area contributed by atoms with Crippen LogP contribution in [0.4, 0.5) is 0 Å². The van der Waals surface area contributed by atoms with Gasteiger partial charge in [0.2, 0.25) is 0 Å². The Morgan fingerprint density at radius 2 is 1.31 bits per heavy atom. The van der Waals surface area contributed by atoms with Crippen molar-refractivity contribution in [3.05, 3.63) is 63.2 Å². The fourth-order valence-electron chi connectivity index (χ4n) is 3.00. The van der Waals surface area contributed by atoms with Crippen LogP contribution >= 0.6 is 0 Å². The topological polar surface area (TPSA) is 52.6 Å². The Kier molecular flexibility index (Phi) is 6.19. The third kappa shape index (κ3) is 3.96. The Bertz CT molecular complexity index is 803. The van der Waals surface area contributed by atoms with Crippen LogP contribution in [0.2, 0.25) is 0 Å². The molecule has 0 amide bonds. The molecule has 2 aromatic rings. The highest BCUT2D eigenvalue weighted by Crippen LogP contribution is 2.26. The number of ketones is 1. The van der Waals surface area contributed by atoms with Crippen LogP contribution in [0.3, 0.4) is 0 Å². The molecule has 0 aliphatic rings. The van der Waals surface area contributed by atoms with Gasteiger partial charge in [-0.25, -0.2) is 4.79 Å². The van der Waals surface area contributed by atoms with Crippen LogP contribution in [0.1, 0.15) is 55.5 Å². The summed E-state index contributed by atoms with van der Waals surface area (Å²) < 4.78 is 10.7. The molecule has 0 saturated heterocycles. The first-order valence-electron chi connectivity index (χ1n) is 8.78. The molecule has 26 heavy (non-hydrogen) atoms. The average molecular weight is 354 g/mol. The number of rotatable bonds is 6. The monoisotopic (exact) mass is 354 g/mol. The molecule has 0 aromatic heterocycles. The normalized spacial score (nSPS) is 10.5. The standard InChI is InChI=1S/C22H26O4/c1-7-25-19-10-8-18(9-11-19)20(23)12-26-22(24)21-16(5)14(3)13(2)15(4)17(21)6/h8-11H,7,12H2,1-6H3. The summed E-state index contributed by atoms with van der Waals surface area (Å²) in [5.41, 5.74) is 6.21. The fraction of sp³-hybridized carbons (Fsp3) is 0.364. The van der Waals surface area contributed by atoms with Gasteiger partial charge in [0, 0.05) is 5.56 Å². The number of Topliss-reactive ketones (excluding diaryl/α,β-unsaturated/α-hetero) is 1. The molecule has 2 aromatic carbocycles. The van der Waals surface area contributed by atoms with Crippen molar-refractivity contribution in [3.8, 4) is 5.75 Å². The summed E-state index contributed by atoms with van der Waals surface area (Å²) in [6.07, 6.45) is 0. The zero-order chi connectivity index (χ0) is 19.4. The molecular formula is C22H26O4. The van der Waals surface area contributed by atoms with Crippen LogP contribution in [-0.2, 0) is 4.74 Å². The van der Waals surface area contributed by atoms with Gasteiger partial charge < -0.3 is 9.47 Å². The number of carbonyl (C=O) groups is 2. The minimum Gasteiger partial charge on any atom is -0.494 e. The molecule has 0 N–H and O–H groups in total. The van der Waals surface area contributed by atoms with Crippen molar-refractivity contribution in [2.24, 2.45) is 0 Å². The molecule has 0 atom stereocenters. The molecule has 2 rings (SSSR count). The third-order valence-corrected chi connectivity index (χ3v) is 5.03. The van der Waals surface area contributed by atoms with Crippen LogP contribution in [-0.4, -0.2) is 25.0 Å². The summed E-state index contributed by atoms with van der Waals surface area (Å²) in [6.45, 7) is 12.1. The van der Waals surface area contributed by atoms with Gasteiger partial charge in [-0.3, -0.25) is 4.79 Å². The molecule has 0 saturated carbocycles. The van der Waals surface area contributed by atoms with Crippen LogP contribution in [0.15, 0.2) is 24.3 Å². The average Bonchev–Trinajstić information content (AvgIpc) is 2.64. The van der Waals surface area contributed by atoms with Crippen molar-refractivity contribution < 1.29 is 19.1 Å². The van der Waals surface area contributed by atoms with Gasteiger partial charge in [-0.15, -0.1) is 0 Å². The second-order valence-electron chi connectivity index (χ2n) is 6.46. The first kappa shape index (κ1) is 19.7. The van der Waals surface area contributed by atoms with E-state index < -0.39 is 5.97 Å². The van der Waals surface area contributed by atoms with Gasteiger partial charge in [-0.1, -0.05) is 0 Å². The smallest absolute Gasteiger partial charge is 0.339 e. The van der Waals surface area contributed by atoms with Crippen molar-refractivity contribution in [3.63, 3.8) is 0 Å². The van der Waals surface area contributed by atoms with Gasteiger partial charge in [0.15, 0.2) is 12.4 Å². The Morgan fingerprint density at radius 1 is 0.808 bits per heavy atom. The minimum absolute atomic E-state index is 0.239. The molecule has 0 spiro atoms. The van der Waals surface area contributed by atoms with Crippen LogP contribution in [0.5, 0.6) is 5.75 Å². The molecule has 138 valence electrons. The van der Waals surface area contributed by atoms with Gasteiger partial charge in [-0.05, 0) is 93.6 Å². The lowest BCUT2D eigenvalue weighted by Gasteiger charge is -2.17. The predicted molar refractivity (Wildman–Crippen MR) is 102 cm³/mol. The van der Waals surface area contributed by atoms with Gasteiger partial charge in [0.25, 0.3) is 0 Å². The summed E-state index contributed by atoms with van der Waals surface area (Å²) in [5.74, 6) is 0.0145. The van der Waals surface area contributed by atoms with Gasteiger partial charge >= 0.3 is 5.97 Å². The molecule has 4 nitrogen and oxygen atoms in total. The maximum atomic E-state index is 12.6. The zero-order valence-electron chi connectivity index (χ0n) is 16.4. The lowest BCUT2D eigenvalue weighted by atomic mass is 9.90. The molecule has 0 radical (unpaired) electrons. The number of benzene rings is 2. The predicted octanol–water partition coefficient (Wildman–Crippen LogP) is 4.67. The molecule has 0 aliphatic carbocycles. The molecule has 4 heteroatoms. The number of ether oxygens (including phenoxy) is 2. The maximum Gasteiger partial charge on any atom is 0.339 e. The summed E-state index contributed by atoms with van der Waals surface area (Å²) >= 11 is 0. The highest BCUT2D eigenvalue weighted by Gasteiger charge is 2.20. The van der Waals surface area contributed by atoms with Gasteiger partial charge in [0.05, 0.1) is 12.2 Å². The number of esters is 1. The maximum absolute atomic E-state index is 12.6. The van der Waals surface area contributed by atoms with Crippen LogP contribution < -0.4 is 4.74 Å².